The summed E-state index contributed by atoms with van der Waals surface area (Å²) in [6.07, 6.45) is 0.0791. The summed E-state index contributed by atoms with van der Waals surface area (Å²) < 4.78 is 60.4. The van der Waals surface area contributed by atoms with Crippen LogP contribution in [0.2, 0.25) is 0 Å². The van der Waals surface area contributed by atoms with Gasteiger partial charge in [0.05, 0.1) is 10.6 Å². The molecule has 9 heteroatoms. The topological polar surface area (TPSA) is 83.5 Å². The minimum Gasteiger partial charge on any atom is -0.480 e. The zero-order chi connectivity index (χ0) is 15.6. The molecule has 0 radical (unpaired) electrons. The number of sulfone groups is 1. The van der Waals surface area contributed by atoms with Crippen LogP contribution in [-0.2, 0) is 14.6 Å². The highest BCUT2D eigenvalue weighted by Crippen LogP contribution is 2.34. The summed E-state index contributed by atoms with van der Waals surface area (Å²) >= 11 is 0. The standard InChI is InChI=1S/C11H12F3NO4S/c1-2-7(10(16)17)15-8-5-3-4-6-9(8)20(18,19)11(12,13)14/h3-7,15H,2H2,1H3,(H,16,17). The number of aliphatic carboxylic acids is 1. The molecule has 0 aliphatic heterocycles. The summed E-state index contributed by atoms with van der Waals surface area (Å²) in [6.45, 7) is 1.51. The lowest BCUT2D eigenvalue weighted by Gasteiger charge is -2.17. The van der Waals surface area contributed by atoms with Gasteiger partial charge in [-0.2, -0.15) is 13.2 Å². The molecule has 0 saturated carbocycles. The van der Waals surface area contributed by atoms with Crippen molar-refractivity contribution in [2.75, 3.05) is 5.32 Å². The predicted octanol–water partition coefficient (Wildman–Crippen LogP) is 2.26. The monoisotopic (exact) mass is 311 g/mol. The number of benzene rings is 1. The Bertz CT molecular complexity index is 598. The average molecular weight is 311 g/mol. The Hall–Kier alpha value is -1.77. The van der Waals surface area contributed by atoms with E-state index in [1.165, 1.54) is 13.0 Å². The Morgan fingerprint density at radius 1 is 1.35 bits per heavy atom. The molecule has 1 atom stereocenters. The van der Waals surface area contributed by atoms with Crippen LogP contribution in [0.3, 0.4) is 0 Å². The Balaban J connectivity index is 3.29. The molecule has 20 heavy (non-hydrogen) atoms. The lowest BCUT2D eigenvalue weighted by Crippen LogP contribution is -2.30. The Kier molecular flexibility index (Phi) is 4.64. The molecule has 0 aliphatic carbocycles. The van der Waals surface area contributed by atoms with Crippen molar-refractivity contribution in [2.24, 2.45) is 0 Å². The van der Waals surface area contributed by atoms with E-state index in [1.54, 1.807) is 0 Å². The summed E-state index contributed by atoms with van der Waals surface area (Å²) in [6, 6.07) is 3.13. The largest absolute Gasteiger partial charge is 0.501 e. The molecular formula is C11H12F3NO4S. The number of alkyl halides is 3. The first-order valence-corrected chi connectivity index (χ1v) is 6.99. The van der Waals surface area contributed by atoms with Crippen LogP contribution >= 0.6 is 0 Å². The fourth-order valence-corrected chi connectivity index (χ4v) is 2.39. The number of carbonyl (C=O) groups is 1. The van der Waals surface area contributed by atoms with Gasteiger partial charge in [0, 0.05) is 0 Å². The van der Waals surface area contributed by atoms with Crippen LogP contribution in [0.1, 0.15) is 13.3 Å². The van der Waals surface area contributed by atoms with Crippen LogP contribution in [0.15, 0.2) is 29.2 Å². The smallest absolute Gasteiger partial charge is 0.480 e. The van der Waals surface area contributed by atoms with Gasteiger partial charge >= 0.3 is 11.5 Å². The summed E-state index contributed by atoms with van der Waals surface area (Å²) in [7, 11) is -5.54. The molecule has 0 heterocycles. The molecule has 0 aliphatic rings. The van der Waals surface area contributed by atoms with Crippen molar-refractivity contribution in [2.45, 2.75) is 29.8 Å². The van der Waals surface area contributed by atoms with E-state index in [0.29, 0.717) is 0 Å². The number of carboxylic acids is 1. The minimum absolute atomic E-state index is 0.0791. The molecule has 1 rings (SSSR count). The first-order chi connectivity index (χ1) is 9.11. The van der Waals surface area contributed by atoms with E-state index in [1.807, 2.05) is 0 Å². The number of para-hydroxylation sites is 1. The van der Waals surface area contributed by atoms with Crippen LogP contribution in [0.5, 0.6) is 0 Å². The second-order valence-electron chi connectivity index (χ2n) is 3.89. The van der Waals surface area contributed by atoms with Crippen molar-refractivity contribution >= 4 is 21.5 Å². The van der Waals surface area contributed by atoms with Crippen molar-refractivity contribution in [1.82, 2.24) is 0 Å². The summed E-state index contributed by atoms with van der Waals surface area (Å²) in [5, 5.41) is 11.2. The van der Waals surface area contributed by atoms with Gasteiger partial charge in [-0.15, -0.1) is 0 Å². The summed E-state index contributed by atoms with van der Waals surface area (Å²) in [4.78, 5) is 9.87. The third-order valence-electron chi connectivity index (χ3n) is 2.52. The maximum Gasteiger partial charge on any atom is 0.501 e. The van der Waals surface area contributed by atoms with Gasteiger partial charge in [-0.3, -0.25) is 0 Å². The number of nitrogens with one attached hydrogen (secondary N) is 1. The second kappa shape index (κ2) is 5.70. The normalized spacial score (nSPS) is 13.8. The zero-order valence-electron chi connectivity index (χ0n) is 10.3. The zero-order valence-corrected chi connectivity index (χ0v) is 11.1. The fraction of sp³-hybridized carbons (Fsp3) is 0.364. The van der Waals surface area contributed by atoms with Crippen molar-refractivity contribution in [3.63, 3.8) is 0 Å². The van der Waals surface area contributed by atoms with E-state index >= 15 is 0 Å². The third-order valence-corrected chi connectivity index (χ3v) is 4.06. The molecule has 0 amide bonds. The van der Waals surface area contributed by atoms with Crippen molar-refractivity contribution in [3.8, 4) is 0 Å². The van der Waals surface area contributed by atoms with E-state index in [-0.39, 0.29) is 12.1 Å². The molecular weight excluding hydrogens is 299 g/mol. The molecule has 0 fully saturated rings. The van der Waals surface area contributed by atoms with E-state index in [2.05, 4.69) is 5.32 Å². The quantitative estimate of drug-likeness (QED) is 0.871. The molecule has 0 bridgehead atoms. The van der Waals surface area contributed by atoms with Crippen molar-refractivity contribution in [1.29, 1.82) is 0 Å². The molecule has 1 aromatic rings. The SMILES string of the molecule is CCC(Nc1ccccc1S(=O)(=O)C(F)(F)F)C(=O)O. The van der Waals surface area contributed by atoms with Crippen LogP contribution < -0.4 is 5.32 Å². The number of hydrogen-bond acceptors (Lipinski definition) is 4. The fourth-order valence-electron chi connectivity index (χ4n) is 1.47. The van der Waals surface area contributed by atoms with Crippen LogP contribution in [0.4, 0.5) is 18.9 Å². The Morgan fingerprint density at radius 2 is 1.90 bits per heavy atom. The summed E-state index contributed by atoms with van der Waals surface area (Å²) in [5.41, 5.74) is -5.84. The van der Waals surface area contributed by atoms with Crippen molar-refractivity contribution < 1.29 is 31.5 Å². The van der Waals surface area contributed by atoms with E-state index in [9.17, 15) is 26.4 Å². The maximum atomic E-state index is 12.5. The summed E-state index contributed by atoms with van der Waals surface area (Å²) in [5.74, 6) is -1.29. The van der Waals surface area contributed by atoms with E-state index < -0.39 is 32.3 Å². The lowest BCUT2D eigenvalue weighted by molar-refractivity contribution is -0.137. The first-order valence-electron chi connectivity index (χ1n) is 5.51. The van der Waals surface area contributed by atoms with E-state index in [0.717, 1.165) is 18.2 Å². The molecule has 112 valence electrons. The van der Waals surface area contributed by atoms with Crippen LogP contribution in [0, 0.1) is 0 Å². The van der Waals surface area contributed by atoms with Gasteiger partial charge in [-0.25, -0.2) is 13.2 Å². The Labute approximate surface area is 113 Å². The highest BCUT2D eigenvalue weighted by molar-refractivity contribution is 7.92. The average Bonchev–Trinajstić information content (AvgIpc) is 2.34. The van der Waals surface area contributed by atoms with Gasteiger partial charge < -0.3 is 10.4 Å². The highest BCUT2D eigenvalue weighted by atomic mass is 32.2. The lowest BCUT2D eigenvalue weighted by atomic mass is 10.2. The molecule has 0 spiro atoms. The first kappa shape index (κ1) is 16.3. The van der Waals surface area contributed by atoms with Gasteiger partial charge in [0.25, 0.3) is 9.84 Å². The second-order valence-corrected chi connectivity index (χ2v) is 5.80. The number of hydrogen-bond donors (Lipinski definition) is 2. The molecule has 1 aromatic carbocycles. The van der Waals surface area contributed by atoms with E-state index in [4.69, 9.17) is 5.11 Å². The molecule has 0 saturated heterocycles. The van der Waals surface area contributed by atoms with Crippen molar-refractivity contribution in [3.05, 3.63) is 24.3 Å². The third kappa shape index (κ3) is 3.21. The maximum absolute atomic E-state index is 12.5. The Morgan fingerprint density at radius 3 is 2.35 bits per heavy atom. The molecule has 1 unspecified atom stereocenters. The molecule has 0 aromatic heterocycles. The number of rotatable bonds is 5. The van der Waals surface area contributed by atoms with Gasteiger partial charge in [0.15, 0.2) is 0 Å². The van der Waals surface area contributed by atoms with Crippen LogP contribution in [-0.4, -0.2) is 31.0 Å². The molecule has 5 nitrogen and oxygen atoms in total. The number of anilines is 1. The predicted molar refractivity (Wildman–Crippen MR) is 65.0 cm³/mol. The van der Waals surface area contributed by atoms with Gasteiger partial charge in [-0.1, -0.05) is 19.1 Å². The number of halogens is 3. The van der Waals surface area contributed by atoms with Gasteiger partial charge in [0.1, 0.15) is 6.04 Å². The number of carboxylic acid groups (broad SMARTS) is 1. The highest BCUT2D eigenvalue weighted by Gasteiger charge is 2.48. The molecule has 2 N–H and O–H groups in total. The van der Waals surface area contributed by atoms with Gasteiger partial charge in [0.2, 0.25) is 0 Å². The van der Waals surface area contributed by atoms with Crippen LogP contribution in [0.25, 0.3) is 0 Å². The minimum atomic E-state index is -5.54. The van der Waals surface area contributed by atoms with Gasteiger partial charge in [-0.05, 0) is 18.6 Å².